The Hall–Kier alpha value is -2.65. The van der Waals surface area contributed by atoms with Crippen LogP contribution >= 0.6 is 15.9 Å². The molecule has 1 fully saturated rings. The van der Waals surface area contributed by atoms with E-state index in [0.717, 1.165) is 33.0 Å². The molecule has 0 saturated heterocycles. The number of ether oxygens (including phenoxy) is 2. The Labute approximate surface area is 227 Å². The molecule has 9 heteroatoms. The summed E-state index contributed by atoms with van der Waals surface area (Å²) >= 11 is 3.53. The van der Waals surface area contributed by atoms with Crippen molar-refractivity contribution < 1.29 is 24.2 Å². The number of anilines is 1. The van der Waals surface area contributed by atoms with Gasteiger partial charge in [0.15, 0.2) is 0 Å². The van der Waals surface area contributed by atoms with Crippen LogP contribution in [0.15, 0.2) is 52.0 Å². The van der Waals surface area contributed by atoms with Crippen LogP contribution in [0.2, 0.25) is 25.7 Å². The van der Waals surface area contributed by atoms with Crippen molar-refractivity contribution in [3.8, 4) is 5.75 Å². The van der Waals surface area contributed by atoms with E-state index in [1.165, 1.54) is 0 Å². The summed E-state index contributed by atoms with van der Waals surface area (Å²) in [6, 6.07) is 13.7. The number of nitrogens with zero attached hydrogens (tertiary/aromatic N) is 1. The van der Waals surface area contributed by atoms with Gasteiger partial charge in [0, 0.05) is 30.1 Å². The van der Waals surface area contributed by atoms with Crippen molar-refractivity contribution in [1.82, 2.24) is 0 Å². The molecular formula is C28H35BrN2O5Si. The molecule has 0 amide bonds. The number of rotatable bonds is 9. The van der Waals surface area contributed by atoms with E-state index in [1.807, 2.05) is 37.3 Å². The van der Waals surface area contributed by atoms with Gasteiger partial charge in [-0.05, 0) is 70.2 Å². The quantitative estimate of drug-likeness (QED) is 0.204. The number of para-hydroxylation sites is 1. The van der Waals surface area contributed by atoms with Crippen molar-refractivity contribution in [2.75, 3.05) is 18.6 Å². The number of hydrogen-bond donors (Lipinski definition) is 2. The van der Waals surface area contributed by atoms with Crippen molar-refractivity contribution in [1.29, 1.82) is 0 Å². The fraction of sp³-hybridized carbons (Fsp3) is 0.464. The summed E-state index contributed by atoms with van der Waals surface area (Å²) in [5, 5.41) is 15.0. The SMILES string of the molecule is CCCOC(=O)[C@H]1C(C(=O)OCC[Si](C)(C)C)C2C/C(=N\Nc3ccccc3Br)[C@H]1c1cc(O)ccc12. The molecule has 2 aromatic rings. The summed E-state index contributed by atoms with van der Waals surface area (Å²) in [4.78, 5) is 27.0. The maximum absolute atomic E-state index is 13.5. The summed E-state index contributed by atoms with van der Waals surface area (Å²) in [7, 11) is -1.40. The Bertz CT molecular complexity index is 1200. The number of esters is 2. The Morgan fingerprint density at radius 1 is 1.05 bits per heavy atom. The molecule has 0 aliphatic heterocycles. The zero-order valence-corrected chi connectivity index (χ0v) is 24.4. The van der Waals surface area contributed by atoms with E-state index in [-0.39, 0.29) is 24.2 Å². The molecule has 7 nitrogen and oxygen atoms in total. The van der Waals surface area contributed by atoms with Gasteiger partial charge in [-0.15, -0.1) is 0 Å². The van der Waals surface area contributed by atoms with E-state index in [2.05, 4.69) is 41.0 Å². The molecule has 3 aliphatic rings. The van der Waals surface area contributed by atoms with Gasteiger partial charge in [-0.25, -0.2) is 0 Å². The maximum atomic E-state index is 13.5. The van der Waals surface area contributed by atoms with Crippen LogP contribution in [-0.2, 0) is 19.1 Å². The lowest BCUT2D eigenvalue weighted by molar-refractivity contribution is -0.163. The van der Waals surface area contributed by atoms with Crippen LogP contribution in [-0.4, -0.2) is 44.0 Å². The number of nitrogens with one attached hydrogen (secondary N) is 1. The lowest BCUT2D eigenvalue weighted by Gasteiger charge is -2.47. The second kappa shape index (κ2) is 11.4. The molecule has 4 atom stereocenters. The Morgan fingerprint density at radius 2 is 1.76 bits per heavy atom. The minimum Gasteiger partial charge on any atom is -0.508 e. The number of phenolic OH excluding ortho intramolecular Hbond substituents is 1. The lowest BCUT2D eigenvalue weighted by atomic mass is 9.55. The summed E-state index contributed by atoms with van der Waals surface area (Å²) in [5.74, 6) is -2.94. The van der Waals surface area contributed by atoms with Crippen LogP contribution in [0, 0.1) is 11.8 Å². The number of halogens is 1. The first-order valence-electron chi connectivity index (χ1n) is 12.8. The van der Waals surface area contributed by atoms with Gasteiger partial charge in [-0.3, -0.25) is 15.0 Å². The van der Waals surface area contributed by atoms with Gasteiger partial charge in [0.1, 0.15) is 5.75 Å². The molecule has 2 N–H and O–H groups in total. The van der Waals surface area contributed by atoms with Crippen LogP contribution in [0.25, 0.3) is 0 Å². The number of fused-ring (bicyclic) bond motifs is 2. The number of aromatic hydroxyl groups is 1. The number of carbonyl (C=O) groups is 2. The summed E-state index contributed by atoms with van der Waals surface area (Å²) < 4.78 is 12.3. The van der Waals surface area contributed by atoms with Crippen molar-refractivity contribution >= 4 is 47.3 Å². The molecule has 2 bridgehead atoms. The topological polar surface area (TPSA) is 97.2 Å². The number of carbonyl (C=O) groups excluding carboxylic acids is 2. The summed E-state index contributed by atoms with van der Waals surface area (Å²) in [6.07, 6.45) is 1.19. The molecule has 3 aliphatic carbocycles. The minimum atomic E-state index is -1.40. The average molecular weight is 588 g/mol. The molecule has 0 heterocycles. The normalized spacial score (nSPS) is 23.4. The smallest absolute Gasteiger partial charge is 0.310 e. The van der Waals surface area contributed by atoms with Gasteiger partial charge in [-0.2, -0.15) is 5.10 Å². The van der Waals surface area contributed by atoms with Crippen molar-refractivity contribution in [3.05, 3.63) is 58.1 Å². The van der Waals surface area contributed by atoms with Gasteiger partial charge < -0.3 is 14.6 Å². The lowest BCUT2D eigenvalue weighted by Crippen LogP contribution is -2.51. The van der Waals surface area contributed by atoms with Crippen molar-refractivity contribution in [2.24, 2.45) is 16.9 Å². The first-order chi connectivity index (χ1) is 17.6. The highest BCUT2D eigenvalue weighted by Gasteiger charge is 2.57. The first kappa shape index (κ1) is 27.4. The third-order valence-electron chi connectivity index (χ3n) is 7.06. The second-order valence-corrected chi connectivity index (χ2v) is 17.5. The zero-order chi connectivity index (χ0) is 26.7. The van der Waals surface area contributed by atoms with Crippen LogP contribution in [0.4, 0.5) is 5.69 Å². The van der Waals surface area contributed by atoms with E-state index in [0.29, 0.717) is 19.4 Å². The Balaban J connectivity index is 1.73. The van der Waals surface area contributed by atoms with E-state index in [9.17, 15) is 14.7 Å². The maximum Gasteiger partial charge on any atom is 0.310 e. The molecule has 0 aromatic heterocycles. The second-order valence-electron chi connectivity index (χ2n) is 11.0. The third kappa shape index (κ3) is 6.09. The van der Waals surface area contributed by atoms with Crippen molar-refractivity contribution in [3.63, 3.8) is 0 Å². The summed E-state index contributed by atoms with van der Waals surface area (Å²) in [6.45, 7) is 9.27. The zero-order valence-electron chi connectivity index (χ0n) is 21.8. The summed E-state index contributed by atoms with van der Waals surface area (Å²) in [5.41, 5.74) is 6.44. The predicted octanol–water partition coefficient (Wildman–Crippen LogP) is 6.27. The third-order valence-corrected chi connectivity index (χ3v) is 9.45. The van der Waals surface area contributed by atoms with Gasteiger partial charge in [0.05, 0.1) is 30.7 Å². The van der Waals surface area contributed by atoms with Gasteiger partial charge in [-0.1, -0.05) is 44.8 Å². The highest BCUT2D eigenvalue weighted by atomic mass is 79.9. The molecule has 1 saturated carbocycles. The van der Waals surface area contributed by atoms with Gasteiger partial charge >= 0.3 is 11.9 Å². The van der Waals surface area contributed by atoms with Crippen LogP contribution in [0.5, 0.6) is 5.75 Å². The molecule has 5 rings (SSSR count). The minimum absolute atomic E-state index is 0.111. The molecular weight excluding hydrogens is 552 g/mol. The van der Waals surface area contributed by atoms with E-state index >= 15 is 0 Å². The van der Waals surface area contributed by atoms with Crippen LogP contribution < -0.4 is 5.43 Å². The van der Waals surface area contributed by atoms with E-state index < -0.39 is 31.8 Å². The molecule has 2 aromatic carbocycles. The van der Waals surface area contributed by atoms with Crippen molar-refractivity contribution in [2.45, 2.75) is 57.3 Å². The number of hydrazone groups is 1. The first-order valence-corrected chi connectivity index (χ1v) is 17.3. The monoisotopic (exact) mass is 586 g/mol. The molecule has 0 spiro atoms. The number of phenols is 1. The fourth-order valence-electron chi connectivity index (χ4n) is 5.24. The van der Waals surface area contributed by atoms with Gasteiger partial charge in [0.25, 0.3) is 0 Å². The molecule has 2 unspecified atom stereocenters. The largest absolute Gasteiger partial charge is 0.508 e. The predicted molar refractivity (Wildman–Crippen MR) is 151 cm³/mol. The highest BCUT2D eigenvalue weighted by molar-refractivity contribution is 9.10. The molecule has 0 radical (unpaired) electrons. The number of benzene rings is 2. The molecule has 37 heavy (non-hydrogen) atoms. The fourth-order valence-corrected chi connectivity index (χ4v) is 6.32. The van der Waals surface area contributed by atoms with Crippen LogP contribution in [0.1, 0.15) is 42.7 Å². The van der Waals surface area contributed by atoms with Crippen LogP contribution in [0.3, 0.4) is 0 Å². The van der Waals surface area contributed by atoms with E-state index in [1.54, 1.807) is 12.1 Å². The highest BCUT2D eigenvalue weighted by Crippen LogP contribution is 2.56. The molecule has 198 valence electrons. The number of hydrogen-bond acceptors (Lipinski definition) is 7. The average Bonchev–Trinajstić information content (AvgIpc) is 2.85. The van der Waals surface area contributed by atoms with E-state index in [4.69, 9.17) is 14.6 Å². The standard InChI is InChI=1S/C28H35BrN2O5Si/c1-5-12-35-28(34)26-24-19-15-17(32)10-11-18(19)20(25(26)27(33)36-13-14-37(2,3)4)16-23(24)31-30-22-9-7-6-8-21(22)29/h6-11,15,20,24-26,30,32H,5,12-14,16H2,1-4H3/b31-23+/t20?,24-,25?,26-/m1/s1. The Kier molecular flexibility index (Phi) is 8.43. The van der Waals surface area contributed by atoms with Gasteiger partial charge in [0.2, 0.25) is 0 Å². The Morgan fingerprint density at radius 3 is 2.46 bits per heavy atom.